The summed E-state index contributed by atoms with van der Waals surface area (Å²) < 4.78 is 0. The van der Waals surface area contributed by atoms with Crippen LogP contribution in [0.4, 0.5) is 5.82 Å². The van der Waals surface area contributed by atoms with Gasteiger partial charge in [0, 0.05) is 24.0 Å². The third-order valence-electron chi connectivity index (χ3n) is 3.17. The Labute approximate surface area is 129 Å². The number of anilines is 1. The molecule has 0 aliphatic heterocycles. The largest absolute Gasteiger partial charge is 0.348 e. The van der Waals surface area contributed by atoms with Gasteiger partial charge in [-0.05, 0) is 25.5 Å². The van der Waals surface area contributed by atoms with Crippen molar-refractivity contribution in [1.82, 2.24) is 15.3 Å². The maximum Gasteiger partial charge on any atom is 0.273 e. The third-order valence-corrected chi connectivity index (χ3v) is 3.17. The van der Waals surface area contributed by atoms with Crippen LogP contribution in [0, 0.1) is 0 Å². The lowest BCUT2D eigenvalue weighted by Gasteiger charge is -2.13. The van der Waals surface area contributed by atoms with Gasteiger partial charge in [-0.15, -0.1) is 0 Å². The molecule has 6 heteroatoms. The topological polar surface area (TPSA) is 84.0 Å². The minimum atomic E-state index is -0.356. The number of aromatic nitrogens is 2. The molecule has 6 nitrogen and oxygen atoms in total. The van der Waals surface area contributed by atoms with Crippen LogP contribution < -0.4 is 10.6 Å². The molecular weight excluding hydrogens is 280 g/mol. The van der Waals surface area contributed by atoms with Crippen molar-refractivity contribution in [3.05, 3.63) is 54.0 Å². The van der Waals surface area contributed by atoms with Crippen molar-refractivity contribution in [1.29, 1.82) is 0 Å². The molecule has 2 aromatic rings. The summed E-state index contributed by atoms with van der Waals surface area (Å²) in [6, 6.07) is 8.75. The Hall–Kier alpha value is -2.76. The third kappa shape index (κ3) is 3.88. The van der Waals surface area contributed by atoms with Gasteiger partial charge in [0.2, 0.25) is 0 Å². The van der Waals surface area contributed by atoms with Crippen molar-refractivity contribution >= 4 is 17.6 Å². The highest BCUT2D eigenvalue weighted by atomic mass is 16.2. The Morgan fingerprint density at radius 1 is 1.09 bits per heavy atom. The molecule has 0 fully saturated rings. The van der Waals surface area contributed by atoms with Gasteiger partial charge in [-0.2, -0.15) is 0 Å². The number of nitrogens with one attached hydrogen (secondary N) is 2. The van der Waals surface area contributed by atoms with Crippen LogP contribution in [0.15, 0.2) is 42.7 Å². The van der Waals surface area contributed by atoms with Crippen LogP contribution in [-0.2, 0) is 0 Å². The van der Waals surface area contributed by atoms with E-state index in [2.05, 4.69) is 20.6 Å². The minimum absolute atomic E-state index is 0.0205. The zero-order chi connectivity index (χ0) is 15.9. The quantitative estimate of drug-likeness (QED) is 0.886. The summed E-state index contributed by atoms with van der Waals surface area (Å²) in [5.74, 6) is -0.540. The highest BCUT2D eigenvalue weighted by molar-refractivity contribution is 6.07. The van der Waals surface area contributed by atoms with E-state index in [1.165, 1.54) is 12.4 Å². The molecule has 0 bridgehead atoms. The summed E-state index contributed by atoms with van der Waals surface area (Å²) >= 11 is 0. The van der Waals surface area contributed by atoms with E-state index in [0.717, 1.165) is 6.42 Å². The van der Waals surface area contributed by atoms with Crippen LogP contribution in [0.5, 0.6) is 0 Å². The summed E-state index contributed by atoms with van der Waals surface area (Å²) in [6.45, 7) is 3.87. The summed E-state index contributed by atoms with van der Waals surface area (Å²) in [5, 5.41) is 5.43. The van der Waals surface area contributed by atoms with Gasteiger partial charge >= 0.3 is 0 Å². The second-order valence-electron chi connectivity index (χ2n) is 4.86. The molecule has 0 aliphatic carbocycles. The summed E-state index contributed by atoms with van der Waals surface area (Å²) in [6.07, 6.45) is 3.65. The first-order valence-corrected chi connectivity index (χ1v) is 7.10. The molecule has 1 atom stereocenters. The van der Waals surface area contributed by atoms with Gasteiger partial charge in [-0.3, -0.25) is 9.59 Å². The van der Waals surface area contributed by atoms with E-state index in [1.807, 2.05) is 19.9 Å². The Morgan fingerprint density at radius 3 is 2.45 bits per heavy atom. The molecule has 0 radical (unpaired) electrons. The average Bonchev–Trinajstić information content (AvgIpc) is 2.55. The van der Waals surface area contributed by atoms with Gasteiger partial charge in [-0.1, -0.05) is 25.1 Å². The van der Waals surface area contributed by atoms with Crippen LogP contribution in [-0.4, -0.2) is 27.8 Å². The zero-order valence-electron chi connectivity index (χ0n) is 12.5. The second kappa shape index (κ2) is 7.31. The fourth-order valence-corrected chi connectivity index (χ4v) is 1.76. The van der Waals surface area contributed by atoms with Crippen molar-refractivity contribution in [2.75, 3.05) is 5.32 Å². The van der Waals surface area contributed by atoms with Crippen molar-refractivity contribution < 1.29 is 9.59 Å². The summed E-state index contributed by atoms with van der Waals surface area (Å²) in [5.41, 5.74) is 0.591. The molecule has 0 aliphatic rings. The second-order valence-corrected chi connectivity index (χ2v) is 4.86. The minimum Gasteiger partial charge on any atom is -0.348 e. The first-order chi connectivity index (χ1) is 10.6. The van der Waals surface area contributed by atoms with E-state index < -0.39 is 0 Å². The number of carbonyl (C=O) groups excluding carboxylic acids is 2. The molecule has 2 rings (SSSR count). The predicted octanol–water partition coefficient (Wildman–Crippen LogP) is 2.26. The molecule has 22 heavy (non-hydrogen) atoms. The van der Waals surface area contributed by atoms with Crippen LogP contribution in [0.25, 0.3) is 0 Å². The molecule has 1 aromatic carbocycles. The first kappa shape index (κ1) is 15.6. The van der Waals surface area contributed by atoms with E-state index in [9.17, 15) is 9.59 Å². The summed E-state index contributed by atoms with van der Waals surface area (Å²) in [4.78, 5) is 32.4. The Kier molecular flexibility index (Phi) is 5.19. The molecule has 1 heterocycles. The molecular formula is C16H18N4O2. The van der Waals surface area contributed by atoms with Gasteiger partial charge < -0.3 is 10.6 Å². The highest BCUT2D eigenvalue weighted by Crippen LogP contribution is 2.11. The van der Waals surface area contributed by atoms with Gasteiger partial charge in [-0.25, -0.2) is 9.97 Å². The first-order valence-electron chi connectivity index (χ1n) is 7.10. The highest BCUT2D eigenvalue weighted by Gasteiger charge is 2.17. The lowest BCUT2D eigenvalue weighted by Crippen LogP contribution is -2.33. The standard InChI is InChI=1S/C16H18N4O2/c1-3-11(2)19-16(22)13-14(18-10-9-17-13)20-15(21)12-7-5-4-6-8-12/h4-11H,3H2,1-2H3,(H,19,22)(H,18,20,21). The number of amides is 2. The van der Waals surface area contributed by atoms with Crippen LogP contribution in [0.3, 0.4) is 0 Å². The number of benzene rings is 1. The van der Waals surface area contributed by atoms with E-state index in [1.54, 1.807) is 24.3 Å². The van der Waals surface area contributed by atoms with Gasteiger partial charge in [0.25, 0.3) is 11.8 Å². The molecule has 0 saturated heterocycles. The van der Waals surface area contributed by atoms with Gasteiger partial charge in [0.05, 0.1) is 0 Å². The molecule has 1 unspecified atom stereocenters. The number of rotatable bonds is 5. The molecule has 1 aromatic heterocycles. The van der Waals surface area contributed by atoms with Crippen molar-refractivity contribution in [2.45, 2.75) is 26.3 Å². The lowest BCUT2D eigenvalue weighted by atomic mass is 10.2. The van der Waals surface area contributed by atoms with E-state index in [0.29, 0.717) is 5.56 Å². The van der Waals surface area contributed by atoms with Crippen molar-refractivity contribution in [3.63, 3.8) is 0 Å². The van der Waals surface area contributed by atoms with Crippen molar-refractivity contribution in [2.24, 2.45) is 0 Å². The van der Waals surface area contributed by atoms with E-state index in [-0.39, 0.29) is 29.4 Å². The Balaban J connectivity index is 2.18. The maximum absolute atomic E-state index is 12.2. The molecule has 0 spiro atoms. The average molecular weight is 298 g/mol. The Bertz CT molecular complexity index is 658. The molecule has 114 valence electrons. The van der Waals surface area contributed by atoms with Crippen LogP contribution in [0.1, 0.15) is 41.1 Å². The Morgan fingerprint density at radius 2 is 1.77 bits per heavy atom. The van der Waals surface area contributed by atoms with Crippen LogP contribution in [0.2, 0.25) is 0 Å². The number of hydrogen-bond acceptors (Lipinski definition) is 4. The number of hydrogen-bond donors (Lipinski definition) is 2. The normalized spacial score (nSPS) is 11.5. The number of nitrogens with zero attached hydrogens (tertiary/aromatic N) is 2. The van der Waals surface area contributed by atoms with E-state index in [4.69, 9.17) is 0 Å². The smallest absolute Gasteiger partial charge is 0.273 e. The SMILES string of the molecule is CCC(C)NC(=O)c1nccnc1NC(=O)c1ccccc1. The molecule has 2 N–H and O–H groups in total. The van der Waals surface area contributed by atoms with Gasteiger partial charge in [0.1, 0.15) is 0 Å². The maximum atomic E-state index is 12.2. The monoisotopic (exact) mass is 298 g/mol. The fraction of sp³-hybridized carbons (Fsp3) is 0.250. The van der Waals surface area contributed by atoms with Gasteiger partial charge in [0.15, 0.2) is 11.5 Å². The van der Waals surface area contributed by atoms with E-state index >= 15 is 0 Å². The van der Waals surface area contributed by atoms with Crippen LogP contribution >= 0.6 is 0 Å². The molecule has 2 amide bonds. The summed E-state index contributed by atoms with van der Waals surface area (Å²) in [7, 11) is 0. The number of carbonyl (C=O) groups is 2. The zero-order valence-corrected chi connectivity index (χ0v) is 12.5. The molecule has 0 saturated carbocycles. The predicted molar refractivity (Wildman–Crippen MR) is 83.6 cm³/mol. The fourth-order valence-electron chi connectivity index (χ4n) is 1.76. The lowest BCUT2D eigenvalue weighted by molar-refractivity contribution is 0.0935. The van der Waals surface area contributed by atoms with Crippen molar-refractivity contribution in [3.8, 4) is 0 Å².